The van der Waals surface area contributed by atoms with Gasteiger partial charge in [-0.2, -0.15) is 0 Å². The molecule has 21 heavy (non-hydrogen) atoms. The van der Waals surface area contributed by atoms with Gasteiger partial charge in [-0.3, -0.25) is 0 Å². The molecule has 1 saturated heterocycles. The number of likely N-dealkylation sites (tertiary alicyclic amines) is 1. The molecule has 0 bridgehead atoms. The molecule has 3 rings (SSSR count). The van der Waals surface area contributed by atoms with E-state index in [1.54, 1.807) is 0 Å². The third-order valence-electron chi connectivity index (χ3n) is 5.62. The van der Waals surface area contributed by atoms with Crippen LogP contribution in [0.3, 0.4) is 0 Å². The van der Waals surface area contributed by atoms with Crippen LogP contribution in [0.1, 0.15) is 38.2 Å². The van der Waals surface area contributed by atoms with Gasteiger partial charge in [-0.1, -0.05) is 38.3 Å². The molecule has 2 unspecified atom stereocenters. The van der Waals surface area contributed by atoms with Crippen molar-refractivity contribution in [2.24, 2.45) is 11.8 Å². The second kappa shape index (κ2) is 5.98. The van der Waals surface area contributed by atoms with Crippen LogP contribution < -0.4 is 5.73 Å². The predicted molar refractivity (Wildman–Crippen MR) is 87.2 cm³/mol. The van der Waals surface area contributed by atoms with Crippen LogP contribution in [0.2, 0.25) is 0 Å². The predicted octanol–water partition coefficient (Wildman–Crippen LogP) is 2.64. The second-order valence-electron chi connectivity index (χ2n) is 6.86. The maximum Gasteiger partial charge on any atom is 0.0534 e. The molecular formula is C18H28N2O. The minimum Gasteiger partial charge on any atom is -0.399 e. The van der Waals surface area contributed by atoms with Crippen molar-refractivity contribution in [2.45, 2.75) is 38.0 Å². The topological polar surface area (TPSA) is 49.5 Å². The Morgan fingerprint density at radius 1 is 1.24 bits per heavy atom. The molecule has 0 radical (unpaired) electrons. The van der Waals surface area contributed by atoms with Crippen molar-refractivity contribution in [1.82, 2.24) is 4.90 Å². The summed E-state index contributed by atoms with van der Waals surface area (Å²) in [4.78, 5) is 2.59. The van der Waals surface area contributed by atoms with Crippen LogP contribution in [-0.2, 0) is 5.41 Å². The number of rotatable bonds is 7. The van der Waals surface area contributed by atoms with Gasteiger partial charge >= 0.3 is 0 Å². The summed E-state index contributed by atoms with van der Waals surface area (Å²) in [6.45, 7) is 6.03. The minimum atomic E-state index is -0.00466. The first-order valence-corrected chi connectivity index (χ1v) is 8.41. The number of piperidine rings is 1. The molecule has 1 aliphatic carbocycles. The summed E-state index contributed by atoms with van der Waals surface area (Å²) in [5.74, 6) is 1.24. The third-order valence-corrected chi connectivity index (χ3v) is 5.62. The molecule has 0 aromatic heterocycles. The van der Waals surface area contributed by atoms with Gasteiger partial charge < -0.3 is 15.7 Å². The van der Waals surface area contributed by atoms with Crippen LogP contribution in [0.15, 0.2) is 24.3 Å². The smallest absolute Gasteiger partial charge is 0.0534 e. The Hall–Kier alpha value is -1.06. The van der Waals surface area contributed by atoms with Crippen molar-refractivity contribution in [3.63, 3.8) is 0 Å². The summed E-state index contributed by atoms with van der Waals surface area (Å²) in [7, 11) is 0. The standard InChI is InChI=1S/C18H28N2O/c1-2-3-4-5-9-20-11-16-17(12-20)18(16,13-21)14-7-6-8-15(19)10-14/h6-8,10,16-17,21H,2-5,9,11-13,19H2,1H3. The molecule has 0 amide bonds. The number of unbranched alkanes of at least 4 members (excludes halogenated alkanes) is 3. The van der Waals surface area contributed by atoms with E-state index in [2.05, 4.69) is 24.0 Å². The number of hydrogen-bond donors (Lipinski definition) is 2. The van der Waals surface area contributed by atoms with Crippen molar-refractivity contribution in [3.8, 4) is 0 Å². The van der Waals surface area contributed by atoms with Crippen molar-refractivity contribution >= 4 is 5.69 Å². The van der Waals surface area contributed by atoms with E-state index in [-0.39, 0.29) is 12.0 Å². The number of fused-ring (bicyclic) bond motifs is 1. The molecule has 3 heteroatoms. The maximum absolute atomic E-state index is 9.98. The largest absolute Gasteiger partial charge is 0.399 e. The monoisotopic (exact) mass is 288 g/mol. The van der Waals surface area contributed by atoms with Crippen molar-refractivity contribution in [3.05, 3.63) is 29.8 Å². The number of aliphatic hydroxyl groups is 1. The quantitative estimate of drug-likeness (QED) is 0.599. The van der Waals surface area contributed by atoms with Gasteiger partial charge in [0.05, 0.1) is 6.61 Å². The molecule has 3 N–H and O–H groups in total. The van der Waals surface area contributed by atoms with E-state index in [0.29, 0.717) is 11.8 Å². The first-order chi connectivity index (χ1) is 10.2. The maximum atomic E-state index is 9.98. The van der Waals surface area contributed by atoms with Crippen LogP contribution in [0.4, 0.5) is 5.69 Å². The lowest BCUT2D eigenvalue weighted by Crippen LogP contribution is -2.33. The van der Waals surface area contributed by atoms with Crippen molar-refractivity contribution in [2.75, 3.05) is 32.0 Å². The number of nitrogens with zero attached hydrogens (tertiary/aromatic N) is 1. The van der Waals surface area contributed by atoms with E-state index in [1.807, 2.05) is 12.1 Å². The Morgan fingerprint density at radius 3 is 2.62 bits per heavy atom. The highest BCUT2D eigenvalue weighted by Gasteiger charge is 2.68. The number of anilines is 1. The highest BCUT2D eigenvalue weighted by molar-refractivity contribution is 5.48. The van der Waals surface area contributed by atoms with Gasteiger partial charge in [0.1, 0.15) is 0 Å². The molecule has 1 aromatic carbocycles. The lowest BCUT2D eigenvalue weighted by atomic mass is 9.90. The van der Waals surface area contributed by atoms with Gasteiger partial charge in [0, 0.05) is 24.2 Å². The molecule has 0 spiro atoms. The number of aliphatic hydroxyl groups excluding tert-OH is 1. The van der Waals surface area contributed by atoms with Gasteiger partial charge in [-0.25, -0.2) is 0 Å². The van der Waals surface area contributed by atoms with Crippen LogP contribution in [0.25, 0.3) is 0 Å². The molecular weight excluding hydrogens is 260 g/mol. The Kier molecular flexibility index (Phi) is 4.23. The number of nitrogens with two attached hydrogens (primary N) is 1. The summed E-state index contributed by atoms with van der Waals surface area (Å²) in [5.41, 5.74) is 7.96. The minimum absolute atomic E-state index is 0.00466. The zero-order chi connectivity index (χ0) is 14.9. The molecule has 1 aromatic rings. The Morgan fingerprint density at radius 2 is 2.00 bits per heavy atom. The van der Waals surface area contributed by atoms with E-state index < -0.39 is 0 Å². The summed E-state index contributed by atoms with van der Waals surface area (Å²) in [5, 5.41) is 9.98. The summed E-state index contributed by atoms with van der Waals surface area (Å²) >= 11 is 0. The Balaban J connectivity index is 1.58. The number of nitrogen functional groups attached to an aromatic ring is 1. The molecule has 1 saturated carbocycles. The van der Waals surface area contributed by atoms with E-state index >= 15 is 0 Å². The van der Waals surface area contributed by atoms with E-state index in [9.17, 15) is 5.11 Å². The molecule has 1 aliphatic heterocycles. The van der Waals surface area contributed by atoms with Crippen LogP contribution in [-0.4, -0.2) is 36.2 Å². The summed E-state index contributed by atoms with van der Waals surface area (Å²) in [6.07, 6.45) is 5.32. The van der Waals surface area contributed by atoms with Crippen molar-refractivity contribution in [1.29, 1.82) is 0 Å². The molecule has 2 aliphatic rings. The van der Waals surface area contributed by atoms with Gasteiger partial charge in [-0.05, 0) is 42.5 Å². The fourth-order valence-corrected chi connectivity index (χ4v) is 4.34. The third kappa shape index (κ3) is 2.58. The van der Waals surface area contributed by atoms with Gasteiger partial charge in [0.25, 0.3) is 0 Å². The van der Waals surface area contributed by atoms with Crippen molar-refractivity contribution < 1.29 is 5.11 Å². The van der Waals surface area contributed by atoms with Crippen LogP contribution in [0, 0.1) is 11.8 Å². The zero-order valence-electron chi connectivity index (χ0n) is 13.1. The Bertz CT molecular complexity index is 476. The lowest BCUT2D eigenvalue weighted by molar-refractivity contribution is 0.195. The van der Waals surface area contributed by atoms with Gasteiger partial charge in [0.15, 0.2) is 0 Å². The molecule has 2 fully saturated rings. The van der Waals surface area contributed by atoms with Gasteiger partial charge in [0.2, 0.25) is 0 Å². The summed E-state index contributed by atoms with van der Waals surface area (Å²) < 4.78 is 0. The number of hydrogen-bond acceptors (Lipinski definition) is 3. The SMILES string of the molecule is CCCCCCN1CC2C(C1)C2(CO)c1cccc(N)c1. The zero-order valence-corrected chi connectivity index (χ0v) is 13.1. The summed E-state index contributed by atoms with van der Waals surface area (Å²) in [6, 6.07) is 8.13. The fourth-order valence-electron chi connectivity index (χ4n) is 4.34. The normalized spacial score (nSPS) is 31.3. The molecule has 2 atom stereocenters. The highest BCUT2D eigenvalue weighted by atomic mass is 16.3. The first kappa shape index (κ1) is 14.9. The van der Waals surface area contributed by atoms with E-state index in [4.69, 9.17) is 5.73 Å². The Labute approximate surface area is 128 Å². The molecule has 116 valence electrons. The number of benzene rings is 1. The average molecular weight is 288 g/mol. The average Bonchev–Trinajstić information content (AvgIpc) is 2.87. The second-order valence-corrected chi connectivity index (χ2v) is 6.86. The van der Waals surface area contributed by atoms with Gasteiger partial charge in [-0.15, -0.1) is 0 Å². The molecule has 1 heterocycles. The first-order valence-electron chi connectivity index (χ1n) is 8.41. The highest BCUT2D eigenvalue weighted by Crippen LogP contribution is 2.63. The van der Waals surface area contributed by atoms with E-state index in [1.165, 1.54) is 37.8 Å². The van der Waals surface area contributed by atoms with Crippen LogP contribution >= 0.6 is 0 Å². The fraction of sp³-hybridized carbons (Fsp3) is 0.667. The molecule has 3 nitrogen and oxygen atoms in total. The lowest BCUT2D eigenvalue weighted by Gasteiger charge is -2.26. The van der Waals surface area contributed by atoms with E-state index in [0.717, 1.165) is 18.8 Å². The van der Waals surface area contributed by atoms with Crippen LogP contribution in [0.5, 0.6) is 0 Å².